The van der Waals surface area contributed by atoms with Gasteiger partial charge in [-0.25, -0.2) is 0 Å². The molecule has 0 aliphatic heterocycles. The van der Waals surface area contributed by atoms with E-state index < -0.39 is 18.0 Å². The molecule has 6 heteroatoms. The minimum absolute atomic E-state index is 0.0614. The Hall–Kier alpha value is -1.59. The zero-order valence-electron chi connectivity index (χ0n) is 21.6. The third-order valence-corrected chi connectivity index (χ3v) is 6.00. The highest BCUT2D eigenvalue weighted by Crippen LogP contribution is 2.20. The number of carbonyl (C=O) groups is 3. The molecule has 33 heavy (non-hydrogen) atoms. The zero-order valence-corrected chi connectivity index (χ0v) is 21.6. The summed E-state index contributed by atoms with van der Waals surface area (Å²) in [5.41, 5.74) is 0. The first-order valence-electron chi connectivity index (χ1n) is 13.5. The smallest absolute Gasteiger partial charge is 0.306 e. The van der Waals surface area contributed by atoms with Gasteiger partial charge in [0.1, 0.15) is 12.7 Å². The number of carboxylic acid groups (broad SMARTS) is 1. The van der Waals surface area contributed by atoms with E-state index in [9.17, 15) is 19.5 Å². The Morgan fingerprint density at radius 2 is 1.15 bits per heavy atom. The summed E-state index contributed by atoms with van der Waals surface area (Å²) < 4.78 is 11.0. The average Bonchev–Trinajstić information content (AvgIpc) is 2.78. The quantitative estimate of drug-likeness (QED) is 0.125. The average molecular weight is 471 g/mol. The molecule has 0 fully saturated rings. The summed E-state index contributed by atoms with van der Waals surface area (Å²) in [5.74, 6) is -2.12. The first kappa shape index (κ1) is 31.4. The SMILES string of the molecule is CCCCCCCC(=O)OCC(CC(CCCCCC)C(=O)O)OC(=O)CCCCCCC. The monoisotopic (exact) mass is 470 g/mol. The van der Waals surface area contributed by atoms with Crippen LogP contribution >= 0.6 is 0 Å². The molecular formula is C27H50O6. The molecule has 1 N–H and O–H groups in total. The molecule has 0 heterocycles. The van der Waals surface area contributed by atoms with Crippen LogP contribution in [-0.2, 0) is 23.9 Å². The largest absolute Gasteiger partial charge is 0.481 e. The van der Waals surface area contributed by atoms with Crippen molar-refractivity contribution in [3.8, 4) is 0 Å². The van der Waals surface area contributed by atoms with Crippen LogP contribution in [0.15, 0.2) is 0 Å². The van der Waals surface area contributed by atoms with Crippen LogP contribution in [0.2, 0.25) is 0 Å². The van der Waals surface area contributed by atoms with Crippen LogP contribution < -0.4 is 0 Å². The fourth-order valence-corrected chi connectivity index (χ4v) is 3.88. The van der Waals surface area contributed by atoms with Gasteiger partial charge >= 0.3 is 17.9 Å². The van der Waals surface area contributed by atoms with Gasteiger partial charge in [0, 0.05) is 19.3 Å². The predicted molar refractivity (Wildman–Crippen MR) is 132 cm³/mol. The van der Waals surface area contributed by atoms with E-state index in [1.807, 2.05) is 0 Å². The normalized spacial score (nSPS) is 12.8. The Kier molecular flexibility index (Phi) is 21.1. The van der Waals surface area contributed by atoms with E-state index >= 15 is 0 Å². The lowest BCUT2D eigenvalue weighted by atomic mass is 9.95. The number of esters is 2. The van der Waals surface area contributed by atoms with Gasteiger partial charge in [-0.3, -0.25) is 14.4 Å². The van der Waals surface area contributed by atoms with E-state index in [0.717, 1.165) is 83.5 Å². The Bertz CT molecular complexity index is 505. The highest BCUT2D eigenvalue weighted by molar-refractivity contribution is 5.71. The Morgan fingerprint density at radius 3 is 1.67 bits per heavy atom. The number of carbonyl (C=O) groups excluding carboxylic acids is 2. The maximum Gasteiger partial charge on any atom is 0.306 e. The Labute approximate surface area is 202 Å². The number of hydrogen-bond acceptors (Lipinski definition) is 5. The van der Waals surface area contributed by atoms with Gasteiger partial charge in [0.05, 0.1) is 5.92 Å². The van der Waals surface area contributed by atoms with E-state index in [4.69, 9.17) is 9.47 Å². The van der Waals surface area contributed by atoms with Gasteiger partial charge < -0.3 is 14.6 Å². The van der Waals surface area contributed by atoms with Crippen LogP contribution in [-0.4, -0.2) is 35.7 Å². The lowest BCUT2D eigenvalue weighted by Crippen LogP contribution is -2.30. The van der Waals surface area contributed by atoms with Crippen molar-refractivity contribution in [2.45, 2.75) is 142 Å². The second-order valence-corrected chi connectivity index (χ2v) is 9.24. The van der Waals surface area contributed by atoms with Crippen LogP contribution in [0.3, 0.4) is 0 Å². The number of aliphatic carboxylic acids is 1. The van der Waals surface area contributed by atoms with Gasteiger partial charge in [-0.2, -0.15) is 0 Å². The van der Waals surface area contributed by atoms with Gasteiger partial charge in [0.15, 0.2) is 0 Å². The molecule has 2 atom stereocenters. The van der Waals surface area contributed by atoms with Crippen molar-refractivity contribution in [2.75, 3.05) is 6.61 Å². The van der Waals surface area contributed by atoms with Crippen molar-refractivity contribution in [2.24, 2.45) is 5.92 Å². The van der Waals surface area contributed by atoms with Gasteiger partial charge in [-0.15, -0.1) is 0 Å². The molecule has 0 aromatic rings. The van der Waals surface area contributed by atoms with Crippen LogP contribution in [0.4, 0.5) is 0 Å². The molecule has 0 aliphatic carbocycles. The lowest BCUT2D eigenvalue weighted by molar-refractivity contribution is -0.162. The molecule has 0 aromatic carbocycles. The minimum Gasteiger partial charge on any atom is -0.481 e. The first-order chi connectivity index (χ1) is 15.9. The minimum atomic E-state index is -0.880. The Morgan fingerprint density at radius 1 is 0.667 bits per heavy atom. The van der Waals surface area contributed by atoms with Crippen LogP contribution in [0, 0.1) is 5.92 Å². The van der Waals surface area contributed by atoms with E-state index in [0.29, 0.717) is 19.3 Å². The van der Waals surface area contributed by atoms with E-state index in [2.05, 4.69) is 20.8 Å². The highest BCUT2D eigenvalue weighted by atomic mass is 16.6. The van der Waals surface area contributed by atoms with Crippen molar-refractivity contribution < 1.29 is 29.0 Å². The number of rotatable bonds is 23. The molecule has 0 aliphatic rings. The third kappa shape index (κ3) is 19.6. The van der Waals surface area contributed by atoms with E-state index in [1.54, 1.807) is 0 Å². The second-order valence-electron chi connectivity index (χ2n) is 9.24. The number of carboxylic acids is 1. The van der Waals surface area contributed by atoms with Gasteiger partial charge in [0.2, 0.25) is 0 Å². The predicted octanol–water partition coefficient (Wildman–Crippen LogP) is 7.22. The fourth-order valence-electron chi connectivity index (χ4n) is 3.88. The van der Waals surface area contributed by atoms with Crippen LogP contribution in [0.5, 0.6) is 0 Å². The highest BCUT2D eigenvalue weighted by Gasteiger charge is 2.26. The molecule has 0 amide bonds. The van der Waals surface area contributed by atoms with Crippen molar-refractivity contribution in [3.63, 3.8) is 0 Å². The lowest BCUT2D eigenvalue weighted by Gasteiger charge is -2.22. The van der Waals surface area contributed by atoms with Gasteiger partial charge in [0.25, 0.3) is 0 Å². The summed E-state index contributed by atoms with van der Waals surface area (Å²) in [7, 11) is 0. The molecule has 0 aromatic heterocycles. The molecule has 0 spiro atoms. The molecule has 6 nitrogen and oxygen atoms in total. The first-order valence-corrected chi connectivity index (χ1v) is 13.5. The summed E-state index contributed by atoms with van der Waals surface area (Å²) in [6.07, 6.45) is 15.1. The molecule has 0 saturated carbocycles. The third-order valence-electron chi connectivity index (χ3n) is 6.00. The summed E-state index contributed by atoms with van der Waals surface area (Å²) >= 11 is 0. The van der Waals surface area contributed by atoms with E-state index in [-0.39, 0.29) is 25.0 Å². The van der Waals surface area contributed by atoms with Crippen molar-refractivity contribution in [1.29, 1.82) is 0 Å². The summed E-state index contributed by atoms with van der Waals surface area (Å²) in [6, 6.07) is 0. The maximum atomic E-state index is 12.3. The van der Waals surface area contributed by atoms with Crippen LogP contribution in [0.1, 0.15) is 136 Å². The van der Waals surface area contributed by atoms with Gasteiger partial charge in [-0.05, 0) is 19.3 Å². The molecule has 0 saturated heterocycles. The number of hydrogen-bond donors (Lipinski definition) is 1. The van der Waals surface area contributed by atoms with E-state index in [1.165, 1.54) is 6.42 Å². The Balaban J connectivity index is 4.69. The van der Waals surface area contributed by atoms with Gasteiger partial charge in [-0.1, -0.05) is 97.8 Å². The summed E-state index contributed by atoms with van der Waals surface area (Å²) in [5, 5.41) is 9.65. The van der Waals surface area contributed by atoms with Crippen molar-refractivity contribution in [3.05, 3.63) is 0 Å². The molecule has 2 unspecified atom stereocenters. The molecule has 0 rings (SSSR count). The fraction of sp³-hybridized carbons (Fsp3) is 0.889. The van der Waals surface area contributed by atoms with Crippen LogP contribution in [0.25, 0.3) is 0 Å². The molecule has 0 bridgehead atoms. The van der Waals surface area contributed by atoms with Crippen molar-refractivity contribution >= 4 is 17.9 Å². The van der Waals surface area contributed by atoms with Crippen molar-refractivity contribution in [1.82, 2.24) is 0 Å². The maximum absolute atomic E-state index is 12.3. The molecule has 194 valence electrons. The zero-order chi connectivity index (χ0) is 24.7. The number of ether oxygens (including phenoxy) is 2. The second kappa shape index (κ2) is 22.2. The number of unbranched alkanes of at least 4 members (excludes halogenated alkanes) is 11. The topological polar surface area (TPSA) is 89.9 Å². The standard InChI is InChI=1S/C27H50O6/c1-4-7-10-13-16-19-25(28)32-22-24(33-26(29)20-17-14-11-8-5-2)21-23(27(30)31)18-15-12-9-6-3/h23-24H,4-22H2,1-3H3,(H,30,31). The summed E-state index contributed by atoms with van der Waals surface area (Å²) in [4.78, 5) is 36.2. The molecule has 0 radical (unpaired) electrons. The summed E-state index contributed by atoms with van der Waals surface area (Å²) in [6.45, 7) is 6.35. The molecular weight excluding hydrogens is 420 g/mol.